The zero-order valence-corrected chi connectivity index (χ0v) is 19.4. The third-order valence-electron chi connectivity index (χ3n) is 4.55. The maximum absolute atomic E-state index is 10.7. The summed E-state index contributed by atoms with van der Waals surface area (Å²) in [5.74, 6) is 0.729. The molecule has 150 valence electrons. The van der Waals surface area contributed by atoms with Gasteiger partial charge in [0.1, 0.15) is 0 Å². The molecule has 0 aliphatic carbocycles. The number of guanidine groups is 1. The zero-order valence-electron chi connectivity index (χ0n) is 15.5. The van der Waals surface area contributed by atoms with Gasteiger partial charge in [0.15, 0.2) is 5.96 Å². The summed E-state index contributed by atoms with van der Waals surface area (Å²) in [6, 6.07) is 15.1. The lowest BCUT2D eigenvalue weighted by Crippen LogP contribution is -2.44. The minimum absolute atomic E-state index is 0. The van der Waals surface area contributed by atoms with Gasteiger partial charge in [-0.1, -0.05) is 24.3 Å². The molecule has 7 nitrogen and oxygen atoms in total. The number of nitrogens with one attached hydrogen (secondary N) is 2. The van der Waals surface area contributed by atoms with Gasteiger partial charge in [-0.15, -0.1) is 24.0 Å². The van der Waals surface area contributed by atoms with Gasteiger partial charge in [-0.3, -0.25) is 15.1 Å². The Hall–Kier alpha value is -1.88. The molecule has 9 heteroatoms. The minimum Gasteiger partial charge on any atom is -0.368 e. The van der Waals surface area contributed by atoms with E-state index in [2.05, 4.69) is 48.6 Å². The Kier molecular flexibility index (Phi) is 8.49. The van der Waals surface area contributed by atoms with Gasteiger partial charge in [0.05, 0.1) is 10.6 Å². The Morgan fingerprint density at radius 3 is 2.64 bits per heavy atom. The molecule has 0 amide bonds. The highest BCUT2D eigenvalue weighted by molar-refractivity contribution is 14.0. The molecule has 3 rings (SSSR count). The van der Waals surface area contributed by atoms with E-state index in [1.54, 1.807) is 19.2 Å². The van der Waals surface area contributed by atoms with E-state index in [1.807, 2.05) is 12.1 Å². The third-order valence-corrected chi connectivity index (χ3v) is 5.22. The van der Waals surface area contributed by atoms with Gasteiger partial charge >= 0.3 is 0 Å². The van der Waals surface area contributed by atoms with Crippen molar-refractivity contribution in [2.75, 3.05) is 25.0 Å². The molecule has 1 atom stereocenters. The van der Waals surface area contributed by atoms with Crippen molar-refractivity contribution in [2.24, 2.45) is 4.99 Å². The highest BCUT2D eigenvalue weighted by Gasteiger charge is 2.24. The average molecular weight is 560 g/mol. The van der Waals surface area contributed by atoms with Crippen molar-refractivity contribution in [3.05, 3.63) is 68.7 Å². The van der Waals surface area contributed by atoms with Crippen molar-refractivity contribution in [3.63, 3.8) is 0 Å². The number of nitro benzene ring substituents is 1. The summed E-state index contributed by atoms with van der Waals surface area (Å²) in [6.45, 7) is 2.44. The Balaban J connectivity index is 0.00000280. The number of anilines is 1. The molecule has 1 saturated heterocycles. The minimum atomic E-state index is -0.394. The second-order valence-corrected chi connectivity index (χ2v) is 7.23. The van der Waals surface area contributed by atoms with Crippen molar-refractivity contribution in [1.29, 1.82) is 0 Å². The largest absolute Gasteiger partial charge is 0.368 e. The van der Waals surface area contributed by atoms with Crippen molar-refractivity contribution in [3.8, 4) is 0 Å². The van der Waals surface area contributed by atoms with Crippen LogP contribution in [-0.4, -0.2) is 37.1 Å². The Labute approximate surface area is 189 Å². The lowest BCUT2D eigenvalue weighted by Gasteiger charge is -2.21. The molecule has 0 aromatic heterocycles. The second kappa shape index (κ2) is 10.6. The number of non-ortho nitro benzene ring substituents is 1. The fourth-order valence-corrected chi connectivity index (χ4v) is 3.65. The molecule has 1 unspecified atom stereocenters. The quantitative estimate of drug-likeness (QED) is 0.191. The number of benzene rings is 2. The predicted molar refractivity (Wildman–Crippen MR) is 127 cm³/mol. The number of hydrogen-bond acceptors (Lipinski definition) is 4. The van der Waals surface area contributed by atoms with Gasteiger partial charge in [-0.25, -0.2) is 0 Å². The Morgan fingerprint density at radius 1 is 1.29 bits per heavy atom. The molecule has 1 fully saturated rings. The first-order chi connectivity index (χ1) is 13.1. The molecule has 1 aliphatic heterocycles. The summed E-state index contributed by atoms with van der Waals surface area (Å²) in [5, 5.41) is 17.4. The number of nitrogens with zero attached hydrogens (tertiary/aromatic N) is 3. The number of aliphatic imine (C=N–C) groups is 1. The predicted octanol–water partition coefficient (Wildman–Crippen LogP) is 3.92. The topological polar surface area (TPSA) is 82.8 Å². The summed E-state index contributed by atoms with van der Waals surface area (Å²) < 4.78 is 1.10. The average Bonchev–Trinajstić information content (AvgIpc) is 3.14. The first-order valence-electron chi connectivity index (χ1n) is 8.77. The van der Waals surface area contributed by atoms with Crippen LogP contribution in [-0.2, 0) is 6.54 Å². The molecule has 0 spiro atoms. The molecule has 0 saturated carbocycles. The Bertz CT molecular complexity index is 831. The number of rotatable bonds is 5. The summed E-state index contributed by atoms with van der Waals surface area (Å²) in [7, 11) is 1.74. The van der Waals surface area contributed by atoms with Crippen LogP contribution in [0, 0.1) is 10.1 Å². The van der Waals surface area contributed by atoms with Crippen LogP contribution in [0.2, 0.25) is 0 Å². The van der Waals surface area contributed by atoms with E-state index in [-0.39, 0.29) is 29.7 Å². The lowest BCUT2D eigenvalue weighted by molar-refractivity contribution is -0.384. The molecule has 28 heavy (non-hydrogen) atoms. The van der Waals surface area contributed by atoms with Crippen LogP contribution >= 0.6 is 39.9 Å². The van der Waals surface area contributed by atoms with E-state index in [9.17, 15) is 10.1 Å². The smallest absolute Gasteiger partial charge is 0.269 e. The molecular weight excluding hydrogens is 537 g/mol. The summed E-state index contributed by atoms with van der Waals surface area (Å²) in [5.41, 5.74) is 2.26. The summed E-state index contributed by atoms with van der Waals surface area (Å²) in [4.78, 5) is 17.0. The third kappa shape index (κ3) is 5.81. The first-order valence-corrected chi connectivity index (χ1v) is 9.56. The van der Waals surface area contributed by atoms with Crippen LogP contribution in [0.25, 0.3) is 0 Å². The van der Waals surface area contributed by atoms with Gasteiger partial charge in [-0.05, 0) is 40.0 Å². The number of nitro groups is 1. The molecule has 1 aliphatic rings. The van der Waals surface area contributed by atoms with Gasteiger partial charge in [-0.2, -0.15) is 0 Å². The van der Waals surface area contributed by atoms with E-state index in [1.165, 1.54) is 17.8 Å². The number of halogens is 2. The van der Waals surface area contributed by atoms with Crippen molar-refractivity contribution < 1.29 is 4.92 Å². The van der Waals surface area contributed by atoms with E-state index in [4.69, 9.17) is 0 Å². The number of para-hydroxylation sites is 1. The highest BCUT2D eigenvalue weighted by Crippen LogP contribution is 2.28. The molecule has 1 heterocycles. The van der Waals surface area contributed by atoms with Crippen LogP contribution in [0.1, 0.15) is 12.0 Å². The van der Waals surface area contributed by atoms with E-state index in [0.29, 0.717) is 12.6 Å². The van der Waals surface area contributed by atoms with Gasteiger partial charge < -0.3 is 15.5 Å². The lowest BCUT2D eigenvalue weighted by atomic mass is 10.2. The SMILES string of the molecule is CN=C(NCc1ccc([N+](=O)[O-])cc1)NC1CCN(c2ccccc2Br)C1.I. The normalized spacial score (nSPS) is 16.4. The zero-order chi connectivity index (χ0) is 19.2. The maximum atomic E-state index is 10.7. The van der Waals surface area contributed by atoms with Crippen molar-refractivity contribution >= 4 is 57.2 Å². The molecule has 0 bridgehead atoms. The summed E-state index contributed by atoms with van der Waals surface area (Å²) >= 11 is 3.62. The molecular formula is C19H23BrIN5O2. The van der Waals surface area contributed by atoms with Crippen LogP contribution in [0.15, 0.2) is 58.0 Å². The van der Waals surface area contributed by atoms with Crippen LogP contribution in [0.5, 0.6) is 0 Å². The van der Waals surface area contributed by atoms with Crippen LogP contribution in [0.3, 0.4) is 0 Å². The highest BCUT2D eigenvalue weighted by atomic mass is 127. The van der Waals surface area contributed by atoms with E-state index < -0.39 is 4.92 Å². The second-order valence-electron chi connectivity index (χ2n) is 6.38. The van der Waals surface area contributed by atoms with Crippen molar-refractivity contribution in [1.82, 2.24) is 10.6 Å². The van der Waals surface area contributed by atoms with Gasteiger partial charge in [0.25, 0.3) is 5.69 Å². The summed E-state index contributed by atoms with van der Waals surface area (Å²) in [6.07, 6.45) is 1.03. The number of hydrogen-bond donors (Lipinski definition) is 2. The monoisotopic (exact) mass is 559 g/mol. The van der Waals surface area contributed by atoms with E-state index in [0.717, 1.165) is 35.5 Å². The molecule has 2 N–H and O–H groups in total. The van der Waals surface area contributed by atoms with Gasteiger partial charge in [0.2, 0.25) is 0 Å². The van der Waals surface area contributed by atoms with Crippen molar-refractivity contribution in [2.45, 2.75) is 19.0 Å². The first kappa shape index (κ1) is 22.4. The fourth-order valence-electron chi connectivity index (χ4n) is 3.11. The van der Waals surface area contributed by atoms with Crippen LogP contribution < -0.4 is 15.5 Å². The molecule has 0 radical (unpaired) electrons. The fraction of sp³-hybridized carbons (Fsp3) is 0.316. The Morgan fingerprint density at radius 2 is 2.00 bits per heavy atom. The van der Waals surface area contributed by atoms with Gasteiger partial charge in [0, 0.05) is 49.3 Å². The maximum Gasteiger partial charge on any atom is 0.269 e. The molecule has 2 aromatic carbocycles. The molecule has 2 aromatic rings. The van der Waals surface area contributed by atoms with E-state index >= 15 is 0 Å². The standard InChI is InChI=1S/C19H22BrN5O2.HI/c1-21-19(22-12-14-6-8-16(9-7-14)25(26)27)23-15-10-11-24(13-15)18-5-3-2-4-17(18)20;/h2-9,15H,10-13H2,1H3,(H2,21,22,23);1H. The van der Waals surface area contributed by atoms with Crippen LogP contribution in [0.4, 0.5) is 11.4 Å².